The molecule has 1 amide bonds. The van der Waals surface area contributed by atoms with Crippen LogP contribution in [0.3, 0.4) is 0 Å². The summed E-state index contributed by atoms with van der Waals surface area (Å²) in [5, 5.41) is 6.79. The van der Waals surface area contributed by atoms with E-state index in [-0.39, 0.29) is 42.0 Å². The van der Waals surface area contributed by atoms with Crippen molar-refractivity contribution in [3.63, 3.8) is 0 Å². The van der Waals surface area contributed by atoms with Crippen LogP contribution in [0, 0.1) is 0 Å². The normalized spacial score (nSPS) is 15.4. The number of rotatable bonds is 8. The number of aliphatic imine (C=N–C) groups is 1. The highest BCUT2D eigenvalue weighted by atomic mass is 127. The van der Waals surface area contributed by atoms with E-state index in [1.54, 1.807) is 19.0 Å². The van der Waals surface area contributed by atoms with E-state index in [1.165, 1.54) is 5.56 Å². The summed E-state index contributed by atoms with van der Waals surface area (Å²) >= 11 is 0. The molecule has 1 fully saturated rings. The van der Waals surface area contributed by atoms with Gasteiger partial charge in [0, 0.05) is 45.8 Å². The number of likely N-dealkylation sites (N-methyl/N-ethyl adjacent to an activating group) is 1. The van der Waals surface area contributed by atoms with Crippen LogP contribution in [0.25, 0.3) is 0 Å². The van der Waals surface area contributed by atoms with E-state index in [2.05, 4.69) is 46.5 Å². The summed E-state index contributed by atoms with van der Waals surface area (Å²) in [7, 11) is 3.49. The largest absolute Gasteiger partial charge is 0.379 e. The van der Waals surface area contributed by atoms with Crippen molar-refractivity contribution in [2.45, 2.75) is 25.8 Å². The van der Waals surface area contributed by atoms with Crippen molar-refractivity contribution in [2.24, 2.45) is 4.99 Å². The molecule has 1 aliphatic heterocycles. The van der Waals surface area contributed by atoms with E-state index < -0.39 is 0 Å². The van der Waals surface area contributed by atoms with Gasteiger partial charge in [-0.2, -0.15) is 0 Å². The first kappa shape index (κ1) is 25.6. The zero-order valence-corrected chi connectivity index (χ0v) is 20.4. The number of benzene rings is 1. The van der Waals surface area contributed by atoms with Crippen LogP contribution >= 0.6 is 24.0 Å². The zero-order valence-electron chi connectivity index (χ0n) is 18.1. The summed E-state index contributed by atoms with van der Waals surface area (Å²) in [6.45, 7) is 9.48. The predicted molar refractivity (Wildman–Crippen MR) is 129 cm³/mol. The van der Waals surface area contributed by atoms with Gasteiger partial charge in [0.1, 0.15) is 6.54 Å². The highest BCUT2D eigenvalue weighted by molar-refractivity contribution is 14.0. The molecule has 1 aromatic carbocycles. The summed E-state index contributed by atoms with van der Waals surface area (Å²) < 4.78 is 5.46. The maximum Gasteiger partial charge on any atom is 0.243 e. The van der Waals surface area contributed by atoms with Crippen molar-refractivity contribution in [1.29, 1.82) is 0 Å². The SMILES string of the molecule is CN(C)C(=O)CN=C(NCCc1ccccc1)NCC(C)(C)N1CCOCC1.I. The third-order valence-corrected chi connectivity index (χ3v) is 4.98. The number of nitrogens with zero attached hydrogens (tertiary/aromatic N) is 3. The Morgan fingerprint density at radius 2 is 1.83 bits per heavy atom. The topological polar surface area (TPSA) is 69.2 Å². The van der Waals surface area contributed by atoms with Crippen LogP contribution in [0.15, 0.2) is 35.3 Å². The van der Waals surface area contributed by atoms with Gasteiger partial charge in [0.2, 0.25) is 5.91 Å². The molecule has 0 atom stereocenters. The van der Waals surface area contributed by atoms with Gasteiger partial charge in [-0.25, -0.2) is 4.99 Å². The molecular weight excluding hydrogens is 481 g/mol. The van der Waals surface area contributed by atoms with Gasteiger partial charge >= 0.3 is 0 Å². The molecule has 0 aliphatic carbocycles. The molecule has 2 N–H and O–H groups in total. The summed E-state index contributed by atoms with van der Waals surface area (Å²) in [6.07, 6.45) is 0.899. The number of morpholine rings is 1. The minimum absolute atomic E-state index is 0. The van der Waals surface area contributed by atoms with E-state index in [9.17, 15) is 4.79 Å². The first-order chi connectivity index (χ1) is 13.4. The Kier molecular flexibility index (Phi) is 11.5. The molecule has 0 spiro atoms. The van der Waals surface area contributed by atoms with Gasteiger partial charge in [-0.3, -0.25) is 9.69 Å². The highest BCUT2D eigenvalue weighted by Gasteiger charge is 2.28. The van der Waals surface area contributed by atoms with Crippen molar-refractivity contribution in [3.8, 4) is 0 Å². The lowest BCUT2D eigenvalue weighted by atomic mass is 10.0. The Hall–Kier alpha value is -1.39. The molecule has 0 radical (unpaired) electrons. The zero-order chi connectivity index (χ0) is 20.4. The quantitative estimate of drug-likeness (QED) is 0.312. The van der Waals surface area contributed by atoms with E-state index >= 15 is 0 Å². The fraction of sp³-hybridized carbons (Fsp3) is 0.619. The summed E-state index contributed by atoms with van der Waals surface area (Å²) in [5.41, 5.74) is 1.24. The Morgan fingerprint density at radius 3 is 2.45 bits per heavy atom. The molecule has 7 nitrogen and oxygen atoms in total. The smallest absolute Gasteiger partial charge is 0.243 e. The van der Waals surface area contributed by atoms with Crippen LogP contribution < -0.4 is 10.6 Å². The van der Waals surface area contributed by atoms with Crippen LogP contribution in [0.2, 0.25) is 0 Å². The molecule has 0 bridgehead atoms. The van der Waals surface area contributed by atoms with Crippen LogP contribution in [-0.4, -0.2) is 87.2 Å². The van der Waals surface area contributed by atoms with Crippen molar-refractivity contribution >= 4 is 35.8 Å². The van der Waals surface area contributed by atoms with Gasteiger partial charge in [-0.1, -0.05) is 30.3 Å². The summed E-state index contributed by atoms with van der Waals surface area (Å²) in [4.78, 5) is 20.4. The molecule has 29 heavy (non-hydrogen) atoms. The Balaban J connectivity index is 0.00000420. The number of hydrogen-bond donors (Lipinski definition) is 2. The molecule has 1 aliphatic rings. The second-order valence-corrected chi connectivity index (χ2v) is 7.88. The summed E-state index contributed by atoms with van der Waals surface area (Å²) in [6, 6.07) is 10.3. The fourth-order valence-electron chi connectivity index (χ4n) is 3.01. The number of nitrogens with one attached hydrogen (secondary N) is 2. The van der Waals surface area contributed by atoms with Crippen LogP contribution in [0.1, 0.15) is 19.4 Å². The van der Waals surface area contributed by atoms with E-state index in [0.717, 1.165) is 45.8 Å². The molecule has 1 heterocycles. The van der Waals surface area contributed by atoms with Gasteiger partial charge in [-0.15, -0.1) is 24.0 Å². The number of carbonyl (C=O) groups is 1. The van der Waals surface area contributed by atoms with Gasteiger partial charge < -0.3 is 20.3 Å². The van der Waals surface area contributed by atoms with E-state index in [4.69, 9.17) is 4.74 Å². The average Bonchev–Trinajstić information content (AvgIpc) is 2.70. The first-order valence-electron chi connectivity index (χ1n) is 9.97. The van der Waals surface area contributed by atoms with E-state index in [0.29, 0.717) is 5.96 Å². The standard InChI is InChI=1S/C21H35N5O2.HI/c1-21(2,26-12-14-28-15-13-26)17-24-20(23-16-19(27)25(3)4)22-11-10-18-8-6-5-7-9-18;/h5-9H,10-17H2,1-4H3,(H2,22,23,24);1H. The Morgan fingerprint density at radius 1 is 1.17 bits per heavy atom. The Bertz CT molecular complexity index is 631. The van der Waals surface area contributed by atoms with Crippen LogP contribution in [-0.2, 0) is 16.0 Å². The molecule has 1 aromatic rings. The maximum absolute atomic E-state index is 11.9. The predicted octanol–water partition coefficient (Wildman–Crippen LogP) is 1.58. The van der Waals surface area contributed by atoms with Crippen LogP contribution in [0.5, 0.6) is 0 Å². The number of carbonyl (C=O) groups excluding carboxylic acids is 1. The lowest BCUT2D eigenvalue weighted by Gasteiger charge is -2.41. The molecule has 164 valence electrons. The lowest BCUT2D eigenvalue weighted by Crippen LogP contribution is -2.56. The maximum atomic E-state index is 11.9. The highest BCUT2D eigenvalue weighted by Crippen LogP contribution is 2.15. The second-order valence-electron chi connectivity index (χ2n) is 7.88. The third kappa shape index (κ3) is 9.31. The van der Waals surface area contributed by atoms with Crippen molar-refractivity contribution in [2.75, 3.05) is 60.0 Å². The van der Waals surface area contributed by atoms with Gasteiger partial charge in [0.15, 0.2) is 5.96 Å². The van der Waals surface area contributed by atoms with Crippen LogP contribution in [0.4, 0.5) is 0 Å². The first-order valence-corrected chi connectivity index (χ1v) is 9.97. The molecule has 2 rings (SSSR count). The minimum atomic E-state index is -0.0305. The number of guanidine groups is 1. The molecule has 0 unspecified atom stereocenters. The number of halogens is 1. The molecule has 0 aromatic heterocycles. The average molecular weight is 517 g/mol. The van der Waals surface area contributed by atoms with Gasteiger partial charge in [0.05, 0.1) is 13.2 Å². The lowest BCUT2D eigenvalue weighted by molar-refractivity contribution is -0.127. The minimum Gasteiger partial charge on any atom is -0.379 e. The molecule has 0 saturated carbocycles. The number of hydrogen-bond acceptors (Lipinski definition) is 4. The molecule has 8 heteroatoms. The van der Waals surface area contributed by atoms with Crippen molar-refractivity contribution in [1.82, 2.24) is 20.4 Å². The molecule has 1 saturated heterocycles. The molecular formula is C21H36IN5O2. The van der Waals surface area contributed by atoms with Crippen molar-refractivity contribution < 1.29 is 9.53 Å². The summed E-state index contributed by atoms with van der Waals surface area (Å²) in [5.74, 6) is 0.657. The third-order valence-electron chi connectivity index (χ3n) is 4.98. The van der Waals surface area contributed by atoms with Crippen molar-refractivity contribution in [3.05, 3.63) is 35.9 Å². The van der Waals surface area contributed by atoms with Gasteiger partial charge in [0.25, 0.3) is 0 Å². The monoisotopic (exact) mass is 517 g/mol. The number of ether oxygens (including phenoxy) is 1. The number of amides is 1. The Labute approximate surface area is 192 Å². The van der Waals surface area contributed by atoms with Gasteiger partial charge in [-0.05, 0) is 25.8 Å². The fourth-order valence-corrected chi connectivity index (χ4v) is 3.01. The van der Waals surface area contributed by atoms with E-state index in [1.807, 2.05) is 18.2 Å². The second kappa shape index (κ2) is 13.0.